The minimum absolute atomic E-state index is 0.0296. The molecule has 1 heterocycles. The molecule has 0 aliphatic heterocycles. The molecule has 1 aromatic carbocycles. The quantitative estimate of drug-likeness (QED) is 0.677. The molecule has 0 bridgehead atoms. The summed E-state index contributed by atoms with van der Waals surface area (Å²) in [4.78, 5) is 30.4. The molecular weight excluding hydrogens is 394 g/mol. The van der Waals surface area contributed by atoms with Gasteiger partial charge in [0.25, 0.3) is 5.91 Å². The fourth-order valence-electron chi connectivity index (χ4n) is 2.04. The van der Waals surface area contributed by atoms with E-state index in [-0.39, 0.29) is 18.4 Å². The Kier molecular flexibility index (Phi) is 7.36. The van der Waals surface area contributed by atoms with E-state index >= 15 is 0 Å². The Hall–Kier alpha value is -1.77. The summed E-state index contributed by atoms with van der Waals surface area (Å²) in [6.07, 6.45) is 2.27. The fourth-order valence-corrected chi connectivity index (χ4v) is 2.85. The molecule has 0 saturated carbocycles. The number of thiazole rings is 1. The summed E-state index contributed by atoms with van der Waals surface area (Å²) in [5.74, 6) is -0.458. The second-order valence-corrected chi connectivity index (χ2v) is 6.78. The number of halogens is 1. The van der Waals surface area contributed by atoms with Crippen LogP contribution in [0.5, 0.6) is 0 Å². The first-order valence-corrected chi connectivity index (χ1v) is 9.00. The SMILES string of the molecule is COCCCN(CC(=O)Nc1nccs1)C(=O)c1ccc(Br)cc1. The molecule has 0 atom stereocenters. The number of nitrogens with zero attached hydrogens (tertiary/aromatic N) is 2. The Morgan fingerprint density at radius 3 is 2.71 bits per heavy atom. The van der Waals surface area contributed by atoms with Crippen LogP contribution in [0.3, 0.4) is 0 Å². The molecule has 0 aliphatic carbocycles. The van der Waals surface area contributed by atoms with Gasteiger partial charge in [0.2, 0.25) is 5.91 Å². The smallest absolute Gasteiger partial charge is 0.254 e. The standard InChI is InChI=1S/C16H18BrN3O3S/c1-23-9-2-8-20(11-14(21)19-16-18-7-10-24-16)15(22)12-3-5-13(17)6-4-12/h3-7,10H,2,8-9,11H2,1H3,(H,18,19,21). The van der Waals surface area contributed by atoms with Crippen molar-refractivity contribution in [1.82, 2.24) is 9.88 Å². The molecule has 0 spiro atoms. The van der Waals surface area contributed by atoms with E-state index in [0.29, 0.717) is 30.3 Å². The predicted molar refractivity (Wildman–Crippen MR) is 97.3 cm³/mol. The van der Waals surface area contributed by atoms with Gasteiger partial charge in [0.15, 0.2) is 5.13 Å². The molecule has 2 amide bonds. The number of amides is 2. The van der Waals surface area contributed by atoms with Crippen LogP contribution in [0.1, 0.15) is 16.8 Å². The van der Waals surface area contributed by atoms with Crippen molar-refractivity contribution < 1.29 is 14.3 Å². The number of ether oxygens (including phenoxy) is 1. The summed E-state index contributed by atoms with van der Waals surface area (Å²) >= 11 is 4.68. The van der Waals surface area contributed by atoms with Gasteiger partial charge in [-0.2, -0.15) is 0 Å². The minimum Gasteiger partial charge on any atom is -0.385 e. The summed E-state index contributed by atoms with van der Waals surface area (Å²) in [7, 11) is 1.61. The van der Waals surface area contributed by atoms with Gasteiger partial charge in [0.05, 0.1) is 0 Å². The summed E-state index contributed by atoms with van der Waals surface area (Å²) < 4.78 is 5.93. The highest BCUT2D eigenvalue weighted by molar-refractivity contribution is 9.10. The normalized spacial score (nSPS) is 10.4. The van der Waals surface area contributed by atoms with Crippen LogP contribution in [0.25, 0.3) is 0 Å². The van der Waals surface area contributed by atoms with Crippen molar-refractivity contribution in [2.45, 2.75) is 6.42 Å². The number of carbonyl (C=O) groups is 2. The lowest BCUT2D eigenvalue weighted by Crippen LogP contribution is -2.39. The third kappa shape index (κ3) is 5.70. The van der Waals surface area contributed by atoms with Crippen LogP contribution in [-0.2, 0) is 9.53 Å². The highest BCUT2D eigenvalue weighted by Gasteiger charge is 2.19. The van der Waals surface area contributed by atoms with E-state index in [1.54, 1.807) is 43.0 Å². The average molecular weight is 412 g/mol. The predicted octanol–water partition coefficient (Wildman–Crippen LogP) is 3.02. The first-order valence-electron chi connectivity index (χ1n) is 7.33. The molecular formula is C16H18BrN3O3S. The molecule has 0 aliphatic rings. The van der Waals surface area contributed by atoms with Gasteiger partial charge in [0.1, 0.15) is 6.54 Å². The molecule has 1 N–H and O–H groups in total. The molecule has 2 aromatic rings. The molecule has 0 radical (unpaired) electrons. The van der Waals surface area contributed by atoms with E-state index in [2.05, 4.69) is 26.2 Å². The summed E-state index contributed by atoms with van der Waals surface area (Å²) in [6.45, 7) is 0.935. The van der Waals surface area contributed by atoms with E-state index in [1.807, 2.05) is 0 Å². The lowest BCUT2D eigenvalue weighted by atomic mass is 10.2. The van der Waals surface area contributed by atoms with Crippen molar-refractivity contribution in [3.63, 3.8) is 0 Å². The van der Waals surface area contributed by atoms with Gasteiger partial charge in [0, 0.05) is 41.9 Å². The van der Waals surface area contributed by atoms with Crippen molar-refractivity contribution in [3.05, 3.63) is 45.9 Å². The minimum atomic E-state index is -0.271. The number of methoxy groups -OCH3 is 1. The number of hydrogen-bond donors (Lipinski definition) is 1. The maximum absolute atomic E-state index is 12.7. The summed E-state index contributed by atoms with van der Waals surface area (Å²) in [6, 6.07) is 7.06. The Balaban J connectivity index is 2.03. The van der Waals surface area contributed by atoms with E-state index in [9.17, 15) is 9.59 Å². The number of hydrogen-bond acceptors (Lipinski definition) is 5. The zero-order valence-electron chi connectivity index (χ0n) is 13.2. The van der Waals surface area contributed by atoms with Gasteiger partial charge in [-0.25, -0.2) is 4.98 Å². The fraction of sp³-hybridized carbons (Fsp3) is 0.312. The monoisotopic (exact) mass is 411 g/mol. The average Bonchev–Trinajstić information content (AvgIpc) is 3.07. The van der Waals surface area contributed by atoms with E-state index < -0.39 is 0 Å². The van der Waals surface area contributed by atoms with Crippen LogP contribution < -0.4 is 5.32 Å². The lowest BCUT2D eigenvalue weighted by molar-refractivity contribution is -0.116. The van der Waals surface area contributed by atoms with Crippen LogP contribution in [0.4, 0.5) is 5.13 Å². The largest absolute Gasteiger partial charge is 0.385 e. The number of anilines is 1. The second kappa shape index (κ2) is 9.51. The number of carbonyl (C=O) groups excluding carboxylic acids is 2. The first kappa shape index (κ1) is 18.6. The number of aromatic nitrogens is 1. The zero-order valence-corrected chi connectivity index (χ0v) is 15.6. The number of benzene rings is 1. The molecule has 8 heteroatoms. The lowest BCUT2D eigenvalue weighted by Gasteiger charge is -2.22. The number of nitrogens with one attached hydrogen (secondary N) is 1. The highest BCUT2D eigenvalue weighted by atomic mass is 79.9. The molecule has 1 aromatic heterocycles. The van der Waals surface area contributed by atoms with Crippen molar-refractivity contribution in [2.75, 3.05) is 32.1 Å². The van der Waals surface area contributed by atoms with Crippen LogP contribution in [0.2, 0.25) is 0 Å². The van der Waals surface area contributed by atoms with Gasteiger partial charge in [-0.1, -0.05) is 15.9 Å². The molecule has 0 fully saturated rings. The van der Waals surface area contributed by atoms with Gasteiger partial charge in [-0.3, -0.25) is 9.59 Å². The van der Waals surface area contributed by atoms with Gasteiger partial charge in [-0.15, -0.1) is 11.3 Å². The third-order valence-electron chi connectivity index (χ3n) is 3.17. The topological polar surface area (TPSA) is 71.5 Å². The summed E-state index contributed by atoms with van der Waals surface area (Å²) in [5.41, 5.74) is 0.540. The van der Waals surface area contributed by atoms with Crippen molar-refractivity contribution in [2.24, 2.45) is 0 Å². The van der Waals surface area contributed by atoms with Gasteiger partial charge in [-0.05, 0) is 30.7 Å². The van der Waals surface area contributed by atoms with Gasteiger partial charge < -0.3 is 15.0 Å². The maximum Gasteiger partial charge on any atom is 0.254 e. The number of rotatable bonds is 8. The summed E-state index contributed by atoms with van der Waals surface area (Å²) in [5, 5.41) is 4.99. The molecule has 0 saturated heterocycles. The molecule has 128 valence electrons. The molecule has 6 nitrogen and oxygen atoms in total. The van der Waals surface area contributed by atoms with Crippen LogP contribution in [0.15, 0.2) is 40.3 Å². The van der Waals surface area contributed by atoms with E-state index in [0.717, 1.165) is 4.47 Å². The Bertz CT molecular complexity index is 662. The van der Waals surface area contributed by atoms with Crippen LogP contribution in [-0.4, -0.2) is 48.5 Å². The molecule has 0 unspecified atom stereocenters. The van der Waals surface area contributed by atoms with E-state index in [4.69, 9.17) is 4.74 Å². The van der Waals surface area contributed by atoms with Crippen molar-refractivity contribution >= 4 is 44.2 Å². The van der Waals surface area contributed by atoms with Crippen LogP contribution >= 0.6 is 27.3 Å². The van der Waals surface area contributed by atoms with Crippen molar-refractivity contribution in [1.29, 1.82) is 0 Å². The third-order valence-corrected chi connectivity index (χ3v) is 4.39. The Morgan fingerprint density at radius 1 is 1.33 bits per heavy atom. The molecule has 2 rings (SSSR count). The van der Waals surface area contributed by atoms with Crippen LogP contribution in [0, 0.1) is 0 Å². The first-order chi connectivity index (χ1) is 11.6. The van der Waals surface area contributed by atoms with Crippen molar-refractivity contribution in [3.8, 4) is 0 Å². The maximum atomic E-state index is 12.7. The Labute approximate surface area is 153 Å². The molecule has 24 heavy (non-hydrogen) atoms. The van der Waals surface area contributed by atoms with Gasteiger partial charge >= 0.3 is 0 Å². The highest BCUT2D eigenvalue weighted by Crippen LogP contribution is 2.14. The van der Waals surface area contributed by atoms with E-state index in [1.165, 1.54) is 16.2 Å². The second-order valence-electron chi connectivity index (χ2n) is 4.97. The zero-order chi connectivity index (χ0) is 17.4. The Morgan fingerprint density at radius 2 is 2.08 bits per heavy atom.